The normalized spacial score (nSPS) is 12.1. The van der Waals surface area contributed by atoms with E-state index in [0.29, 0.717) is 19.4 Å². The number of nitrogens with zero attached hydrogens (tertiary/aromatic N) is 4. The van der Waals surface area contributed by atoms with Gasteiger partial charge in [0.1, 0.15) is 0 Å². The third-order valence-corrected chi connectivity index (χ3v) is 7.43. The molecule has 4 aromatic carbocycles. The maximum atomic E-state index is 11.8. The van der Waals surface area contributed by atoms with Gasteiger partial charge in [-0.2, -0.15) is 0 Å². The number of tetrazole rings is 1. The predicted octanol–water partition coefficient (Wildman–Crippen LogP) is 5.88. The third kappa shape index (κ3) is 6.58. The molecule has 208 valence electrons. The molecule has 1 aromatic heterocycles. The molecule has 7 heteroatoms. The van der Waals surface area contributed by atoms with Crippen molar-refractivity contribution in [1.82, 2.24) is 25.5 Å². The van der Waals surface area contributed by atoms with Crippen molar-refractivity contribution in [2.45, 2.75) is 43.8 Å². The predicted molar refractivity (Wildman–Crippen MR) is 159 cm³/mol. The average molecular weight is 546 g/mol. The van der Waals surface area contributed by atoms with Crippen molar-refractivity contribution >= 4 is 5.97 Å². The number of carbonyl (C=O) groups excluding carboxylic acids is 1. The van der Waals surface area contributed by atoms with Crippen LogP contribution in [0.4, 0.5) is 0 Å². The first-order chi connectivity index (χ1) is 20.2. The number of hydrogen-bond acceptors (Lipinski definition) is 6. The molecular weight excluding hydrogens is 510 g/mol. The van der Waals surface area contributed by atoms with Crippen LogP contribution in [0.15, 0.2) is 121 Å². The molecule has 0 bridgehead atoms. The second-order valence-electron chi connectivity index (χ2n) is 10.0. The second kappa shape index (κ2) is 13.6. The Bertz CT molecular complexity index is 1400. The van der Waals surface area contributed by atoms with Gasteiger partial charge in [-0.1, -0.05) is 121 Å². The highest BCUT2D eigenvalue weighted by molar-refractivity contribution is 5.68. The summed E-state index contributed by atoms with van der Waals surface area (Å²) < 4.78 is 6.65. The minimum Gasteiger partial charge on any atom is -0.469 e. The molecule has 0 amide bonds. The van der Waals surface area contributed by atoms with Crippen LogP contribution in [-0.2, 0) is 28.0 Å². The Morgan fingerprint density at radius 3 is 1.83 bits per heavy atom. The third-order valence-electron chi connectivity index (χ3n) is 7.43. The Hall–Kier alpha value is -4.62. The fourth-order valence-corrected chi connectivity index (χ4v) is 5.39. The largest absolute Gasteiger partial charge is 0.469 e. The number of esters is 1. The van der Waals surface area contributed by atoms with Gasteiger partial charge in [0.2, 0.25) is 0 Å². The molecule has 0 aliphatic heterocycles. The number of carbonyl (C=O) groups is 1. The fraction of sp³-hybridized carbons (Fsp3) is 0.235. The van der Waals surface area contributed by atoms with Gasteiger partial charge in [0, 0.05) is 13.0 Å². The summed E-state index contributed by atoms with van der Waals surface area (Å²) in [5.74, 6) is 0.493. The highest BCUT2D eigenvalue weighted by atomic mass is 16.5. The van der Waals surface area contributed by atoms with Gasteiger partial charge >= 0.3 is 5.97 Å². The second-order valence-corrected chi connectivity index (χ2v) is 10.0. The topological polar surface area (TPSA) is 81.9 Å². The zero-order valence-electron chi connectivity index (χ0n) is 23.3. The van der Waals surface area contributed by atoms with Crippen molar-refractivity contribution in [3.8, 4) is 0 Å². The van der Waals surface area contributed by atoms with Crippen molar-refractivity contribution in [1.29, 1.82) is 0 Å². The number of hydrogen-bond donors (Lipinski definition) is 1. The van der Waals surface area contributed by atoms with E-state index in [1.807, 2.05) is 28.9 Å². The quantitative estimate of drug-likeness (QED) is 0.147. The van der Waals surface area contributed by atoms with E-state index < -0.39 is 5.54 Å². The summed E-state index contributed by atoms with van der Waals surface area (Å²) in [5, 5.41) is 17.0. The smallest absolute Gasteiger partial charge is 0.305 e. The van der Waals surface area contributed by atoms with E-state index in [1.54, 1.807) is 0 Å². The Balaban J connectivity index is 1.61. The minimum absolute atomic E-state index is 0.219. The van der Waals surface area contributed by atoms with Gasteiger partial charge in [0.05, 0.1) is 18.7 Å². The van der Waals surface area contributed by atoms with E-state index in [-0.39, 0.29) is 12.0 Å². The molecule has 0 aliphatic rings. The van der Waals surface area contributed by atoms with Crippen LogP contribution in [-0.4, -0.2) is 33.3 Å². The molecule has 1 atom stereocenters. The highest BCUT2D eigenvalue weighted by Gasteiger charge is 2.39. The molecular formula is C34H35N5O2. The van der Waals surface area contributed by atoms with E-state index in [4.69, 9.17) is 4.74 Å². The lowest BCUT2D eigenvalue weighted by Crippen LogP contribution is -2.47. The summed E-state index contributed by atoms with van der Waals surface area (Å²) in [6.45, 7) is 0.510. The standard InChI is InChI=1S/C34H35N5O2/c1-41-32(40)23-14-26-39-33(36-37-38-39)31(25-24-27-15-6-2-7-16-27)35-34(28-17-8-3-9-18-28,29-19-10-4-11-20-29)30-21-12-5-13-22-30/h2-13,15-22,31,35H,14,23-26H2,1H3/t31-/m0/s1. The van der Waals surface area contributed by atoms with Crippen molar-refractivity contribution in [3.05, 3.63) is 149 Å². The van der Waals surface area contributed by atoms with Crippen LogP contribution >= 0.6 is 0 Å². The zero-order valence-corrected chi connectivity index (χ0v) is 23.3. The lowest BCUT2D eigenvalue weighted by atomic mass is 9.76. The molecule has 0 spiro atoms. The fourth-order valence-electron chi connectivity index (χ4n) is 5.39. The van der Waals surface area contributed by atoms with Gasteiger partial charge < -0.3 is 4.74 Å². The maximum absolute atomic E-state index is 11.8. The van der Waals surface area contributed by atoms with Crippen LogP contribution in [0.3, 0.4) is 0 Å². The molecule has 1 heterocycles. The summed E-state index contributed by atoms with van der Waals surface area (Å²) in [6, 6.07) is 41.8. The summed E-state index contributed by atoms with van der Waals surface area (Å²) in [7, 11) is 1.41. The molecule has 5 rings (SSSR count). The first-order valence-electron chi connectivity index (χ1n) is 14.0. The van der Waals surface area contributed by atoms with Crippen LogP contribution in [0.25, 0.3) is 0 Å². The summed E-state index contributed by atoms with van der Waals surface area (Å²) in [4.78, 5) is 11.8. The first kappa shape index (κ1) is 27.9. The van der Waals surface area contributed by atoms with Gasteiger partial charge in [-0.25, -0.2) is 4.68 Å². The summed E-state index contributed by atoms with van der Waals surface area (Å²) >= 11 is 0. The first-order valence-corrected chi connectivity index (χ1v) is 14.0. The van der Waals surface area contributed by atoms with Crippen molar-refractivity contribution in [3.63, 3.8) is 0 Å². The number of aryl methyl sites for hydroxylation is 2. The van der Waals surface area contributed by atoms with Gasteiger partial charge in [-0.05, 0) is 51.9 Å². The molecule has 0 unspecified atom stereocenters. The maximum Gasteiger partial charge on any atom is 0.305 e. The number of nitrogens with one attached hydrogen (secondary N) is 1. The number of benzene rings is 4. The van der Waals surface area contributed by atoms with Crippen LogP contribution < -0.4 is 5.32 Å². The van der Waals surface area contributed by atoms with Gasteiger partial charge in [0.15, 0.2) is 5.82 Å². The lowest BCUT2D eigenvalue weighted by Gasteiger charge is -2.40. The molecule has 7 nitrogen and oxygen atoms in total. The molecule has 0 radical (unpaired) electrons. The molecule has 0 saturated heterocycles. The van der Waals surface area contributed by atoms with E-state index in [2.05, 4.69) is 118 Å². The highest BCUT2D eigenvalue weighted by Crippen LogP contribution is 2.39. The lowest BCUT2D eigenvalue weighted by molar-refractivity contribution is -0.140. The molecule has 1 N–H and O–H groups in total. The average Bonchev–Trinajstić information content (AvgIpc) is 3.51. The molecule has 0 aliphatic carbocycles. The molecule has 0 saturated carbocycles. The number of rotatable bonds is 13. The van der Waals surface area contributed by atoms with Crippen LogP contribution in [0.1, 0.15) is 53.4 Å². The van der Waals surface area contributed by atoms with E-state index in [1.165, 1.54) is 12.7 Å². The number of aromatic nitrogens is 4. The van der Waals surface area contributed by atoms with Gasteiger partial charge in [0.25, 0.3) is 0 Å². The van der Waals surface area contributed by atoms with E-state index in [9.17, 15) is 4.79 Å². The summed E-state index contributed by atoms with van der Waals surface area (Å²) in [6.07, 6.45) is 2.48. The number of ether oxygens (including phenoxy) is 1. The molecule has 41 heavy (non-hydrogen) atoms. The minimum atomic E-state index is -0.687. The van der Waals surface area contributed by atoms with Crippen LogP contribution in [0.2, 0.25) is 0 Å². The number of methoxy groups -OCH3 is 1. The Morgan fingerprint density at radius 1 is 0.805 bits per heavy atom. The van der Waals surface area contributed by atoms with Gasteiger partial charge in [-0.15, -0.1) is 5.10 Å². The Morgan fingerprint density at radius 2 is 1.32 bits per heavy atom. The Kier molecular flexibility index (Phi) is 9.29. The van der Waals surface area contributed by atoms with Crippen LogP contribution in [0.5, 0.6) is 0 Å². The zero-order chi connectivity index (χ0) is 28.3. The Labute approximate surface area is 241 Å². The van der Waals surface area contributed by atoms with Gasteiger partial charge in [-0.3, -0.25) is 10.1 Å². The van der Waals surface area contributed by atoms with Crippen molar-refractivity contribution in [2.24, 2.45) is 0 Å². The van der Waals surface area contributed by atoms with Crippen molar-refractivity contribution < 1.29 is 9.53 Å². The van der Waals surface area contributed by atoms with E-state index in [0.717, 1.165) is 35.4 Å². The summed E-state index contributed by atoms with van der Waals surface area (Å²) in [5.41, 5.74) is 3.91. The SMILES string of the molecule is COC(=O)CCCn1nnnc1[C@H](CCc1ccccc1)NC(c1ccccc1)(c1ccccc1)c1ccccc1. The monoisotopic (exact) mass is 545 g/mol. The van der Waals surface area contributed by atoms with E-state index >= 15 is 0 Å². The molecule has 0 fully saturated rings. The molecule has 5 aromatic rings. The van der Waals surface area contributed by atoms with Crippen LogP contribution in [0, 0.1) is 0 Å². The van der Waals surface area contributed by atoms with Crippen molar-refractivity contribution in [2.75, 3.05) is 7.11 Å².